The van der Waals surface area contributed by atoms with Crippen molar-refractivity contribution in [1.29, 1.82) is 0 Å². The Morgan fingerprint density at radius 1 is 1.10 bits per heavy atom. The average Bonchev–Trinajstić information content (AvgIpc) is 3.40. The van der Waals surface area contributed by atoms with Gasteiger partial charge in [0.2, 0.25) is 0 Å². The number of imidazole rings is 1. The van der Waals surface area contributed by atoms with Gasteiger partial charge >= 0.3 is 184 Å². The monoisotopic (exact) mass is 475 g/mol. The van der Waals surface area contributed by atoms with Crippen molar-refractivity contribution < 1.29 is 4.39 Å². The van der Waals surface area contributed by atoms with Crippen molar-refractivity contribution in [2.24, 2.45) is 0 Å². The number of fused-ring (bicyclic) bond motifs is 2. The Labute approximate surface area is 183 Å². The van der Waals surface area contributed by atoms with E-state index >= 15 is 4.39 Å². The number of benzene rings is 1. The summed E-state index contributed by atoms with van der Waals surface area (Å²) in [5.41, 5.74) is 2.24. The Hall–Kier alpha value is -2.56. The van der Waals surface area contributed by atoms with Gasteiger partial charge in [-0.15, -0.1) is 0 Å². The summed E-state index contributed by atoms with van der Waals surface area (Å²) in [6.07, 6.45) is 9.36. The molecule has 4 heterocycles. The maximum absolute atomic E-state index is 15.5. The molecule has 1 aliphatic rings. The van der Waals surface area contributed by atoms with Crippen LogP contribution in [-0.4, -0.2) is 35.1 Å². The third kappa shape index (κ3) is 2.98. The molecule has 4 aromatic heterocycles. The van der Waals surface area contributed by atoms with Gasteiger partial charge in [0.1, 0.15) is 0 Å². The van der Waals surface area contributed by atoms with E-state index in [1.54, 1.807) is 11.3 Å². The average molecular weight is 475 g/mol. The fraction of sp³-hybridized carbons (Fsp3) is 0.174. The van der Waals surface area contributed by atoms with Crippen LogP contribution in [0.5, 0.6) is 0 Å². The molecular formula is C23H17AsFN4S. The molecule has 6 rings (SSSR count). The molecule has 1 fully saturated rings. The Morgan fingerprint density at radius 2 is 2.00 bits per heavy atom. The van der Waals surface area contributed by atoms with Gasteiger partial charge < -0.3 is 0 Å². The molecule has 0 saturated heterocycles. The summed E-state index contributed by atoms with van der Waals surface area (Å²) in [6, 6.07) is 11.7. The van der Waals surface area contributed by atoms with Gasteiger partial charge in [0.25, 0.3) is 0 Å². The number of hydrogen-bond acceptors (Lipinski definition) is 4. The molecule has 4 nitrogen and oxygen atoms in total. The summed E-state index contributed by atoms with van der Waals surface area (Å²) in [7, 11) is 0. The van der Waals surface area contributed by atoms with Gasteiger partial charge in [-0.3, -0.25) is 0 Å². The van der Waals surface area contributed by atoms with Crippen molar-refractivity contribution in [2.75, 3.05) is 0 Å². The van der Waals surface area contributed by atoms with E-state index < -0.39 is 15.8 Å². The first kappa shape index (κ1) is 18.2. The molecule has 0 N–H and O–H groups in total. The molecule has 147 valence electrons. The zero-order chi connectivity index (χ0) is 20.1. The third-order valence-corrected chi connectivity index (χ3v) is 9.01. The zero-order valence-electron chi connectivity index (χ0n) is 16.0. The Morgan fingerprint density at radius 3 is 2.80 bits per heavy atom. The summed E-state index contributed by atoms with van der Waals surface area (Å²) in [6.45, 7) is 0. The zero-order valence-corrected chi connectivity index (χ0v) is 18.7. The van der Waals surface area contributed by atoms with E-state index in [9.17, 15) is 0 Å². The summed E-state index contributed by atoms with van der Waals surface area (Å²) < 4.78 is 19.3. The number of pyridine rings is 1. The third-order valence-electron chi connectivity index (χ3n) is 5.72. The molecule has 1 saturated carbocycles. The number of nitrogens with zero attached hydrogens (tertiary/aromatic N) is 4. The van der Waals surface area contributed by atoms with E-state index in [2.05, 4.69) is 19.4 Å². The second kappa shape index (κ2) is 7.29. The van der Waals surface area contributed by atoms with Gasteiger partial charge in [0.05, 0.1) is 0 Å². The van der Waals surface area contributed by atoms with E-state index in [1.165, 1.54) is 19.3 Å². The van der Waals surface area contributed by atoms with Crippen molar-refractivity contribution in [3.8, 4) is 10.6 Å². The van der Waals surface area contributed by atoms with Gasteiger partial charge in [-0.25, -0.2) is 0 Å². The SMILES string of the molecule is Fc1c([As]c2nccn3c(C4CCC4)ncc23)ccc2ccc(-c3cccs3)nc12. The van der Waals surface area contributed by atoms with Crippen LogP contribution in [0, 0.1) is 5.82 Å². The first-order valence-electron chi connectivity index (χ1n) is 9.95. The van der Waals surface area contributed by atoms with E-state index in [4.69, 9.17) is 0 Å². The summed E-state index contributed by atoms with van der Waals surface area (Å²) in [5, 5.41) is 2.83. The molecule has 0 bridgehead atoms. The fourth-order valence-electron chi connectivity index (χ4n) is 3.89. The first-order valence-corrected chi connectivity index (χ1v) is 12.7. The van der Waals surface area contributed by atoms with Crippen molar-refractivity contribution in [3.63, 3.8) is 0 Å². The van der Waals surface area contributed by atoms with Gasteiger partial charge in [0, 0.05) is 0 Å². The number of aromatic nitrogens is 4. The second-order valence-corrected chi connectivity index (χ2v) is 10.8. The van der Waals surface area contributed by atoms with Crippen molar-refractivity contribution in [1.82, 2.24) is 19.4 Å². The first-order chi connectivity index (χ1) is 14.8. The molecule has 0 unspecified atom stereocenters. The van der Waals surface area contributed by atoms with E-state index in [0.717, 1.165) is 31.8 Å². The van der Waals surface area contributed by atoms with Crippen LogP contribution in [0.4, 0.5) is 4.39 Å². The fourth-order valence-corrected chi connectivity index (χ4v) is 6.66. The molecule has 5 aromatic rings. The van der Waals surface area contributed by atoms with E-state index in [0.29, 0.717) is 15.8 Å². The number of thiophene rings is 1. The van der Waals surface area contributed by atoms with Crippen molar-refractivity contribution in [3.05, 3.63) is 72.0 Å². The molecule has 30 heavy (non-hydrogen) atoms. The minimum absolute atomic E-state index is 0.228. The standard InChI is InChI=1S/C23H17AsFN4S/c25-20-16(8-6-14-7-9-17(28-21(14)20)19-5-2-12-30-19)24-22-18-13-27-23(15-3-1-4-15)29(18)11-10-26-22/h2,5-13,15H,1,3-4H2. The minimum atomic E-state index is -0.624. The van der Waals surface area contributed by atoms with Crippen LogP contribution in [0.25, 0.3) is 27.0 Å². The number of hydrogen-bond donors (Lipinski definition) is 0. The van der Waals surface area contributed by atoms with Gasteiger partial charge in [-0.2, -0.15) is 0 Å². The quantitative estimate of drug-likeness (QED) is 0.368. The van der Waals surface area contributed by atoms with Crippen LogP contribution in [0.2, 0.25) is 0 Å². The summed E-state index contributed by atoms with van der Waals surface area (Å²) in [5.74, 6) is 1.42. The molecule has 0 atom stereocenters. The normalized spacial score (nSPS) is 14.8. The van der Waals surface area contributed by atoms with Crippen LogP contribution >= 0.6 is 11.3 Å². The van der Waals surface area contributed by atoms with E-state index in [1.807, 2.05) is 60.4 Å². The van der Waals surface area contributed by atoms with E-state index in [-0.39, 0.29) is 5.82 Å². The Balaban J connectivity index is 1.41. The van der Waals surface area contributed by atoms with Crippen LogP contribution in [0.1, 0.15) is 31.0 Å². The number of halogens is 1. The predicted molar refractivity (Wildman–Crippen MR) is 120 cm³/mol. The molecule has 0 aliphatic heterocycles. The van der Waals surface area contributed by atoms with Crippen molar-refractivity contribution in [2.45, 2.75) is 25.2 Å². The van der Waals surface area contributed by atoms with Crippen LogP contribution < -0.4 is 8.83 Å². The van der Waals surface area contributed by atoms with Crippen LogP contribution in [-0.2, 0) is 0 Å². The summed E-state index contributed by atoms with van der Waals surface area (Å²) in [4.78, 5) is 14.9. The van der Waals surface area contributed by atoms with Crippen LogP contribution in [0.3, 0.4) is 0 Å². The Kier molecular flexibility index (Phi) is 4.43. The maximum atomic E-state index is 15.5. The Bertz CT molecular complexity index is 1380. The van der Waals surface area contributed by atoms with Crippen molar-refractivity contribution >= 4 is 52.3 Å². The molecular weight excluding hydrogens is 458 g/mol. The van der Waals surface area contributed by atoms with Gasteiger partial charge in [0.15, 0.2) is 0 Å². The number of rotatable bonds is 4. The molecule has 1 aromatic carbocycles. The summed E-state index contributed by atoms with van der Waals surface area (Å²) >= 11 is 0.987. The second-order valence-electron chi connectivity index (χ2n) is 7.51. The topological polar surface area (TPSA) is 43.1 Å². The van der Waals surface area contributed by atoms with Gasteiger partial charge in [-0.1, -0.05) is 0 Å². The van der Waals surface area contributed by atoms with Gasteiger partial charge in [-0.05, 0) is 0 Å². The molecule has 1 aliphatic carbocycles. The van der Waals surface area contributed by atoms with Crippen LogP contribution in [0.15, 0.2) is 60.4 Å². The molecule has 1 radical (unpaired) electrons. The molecule has 0 amide bonds. The molecule has 7 heteroatoms. The molecule has 0 spiro atoms. The predicted octanol–water partition coefficient (Wildman–Crippen LogP) is 4.07.